The highest BCUT2D eigenvalue weighted by Gasteiger charge is 2.24. The molecule has 1 aromatic rings. The van der Waals surface area contributed by atoms with Gasteiger partial charge in [0.1, 0.15) is 0 Å². The Morgan fingerprint density at radius 1 is 1.10 bits per heavy atom. The van der Waals surface area contributed by atoms with Crippen LogP contribution in [0.25, 0.3) is 0 Å². The highest BCUT2D eigenvalue weighted by atomic mass is 19.2. The lowest BCUT2D eigenvalue weighted by atomic mass is 9.96. The van der Waals surface area contributed by atoms with Gasteiger partial charge in [0, 0.05) is 12.1 Å². The van der Waals surface area contributed by atoms with Gasteiger partial charge in [-0.3, -0.25) is 10.1 Å². The topological polar surface area (TPSA) is 55.2 Å². The molecule has 1 N–H and O–H groups in total. The van der Waals surface area contributed by atoms with E-state index in [0.29, 0.717) is 0 Å². The van der Waals surface area contributed by atoms with Crippen molar-refractivity contribution in [1.29, 1.82) is 0 Å². The summed E-state index contributed by atoms with van der Waals surface area (Å²) in [7, 11) is 0. The van der Waals surface area contributed by atoms with E-state index in [2.05, 4.69) is 5.32 Å². The maximum atomic E-state index is 13.8. The molecule has 0 radical (unpaired) electrons. The van der Waals surface area contributed by atoms with Crippen LogP contribution in [0.4, 0.5) is 20.2 Å². The largest absolute Gasteiger partial charge is 0.374 e. The van der Waals surface area contributed by atoms with Gasteiger partial charge in [0.2, 0.25) is 0 Å². The zero-order chi connectivity index (χ0) is 14.5. The fourth-order valence-electron chi connectivity index (χ4n) is 2.63. The van der Waals surface area contributed by atoms with Crippen LogP contribution in [-0.2, 0) is 0 Å². The van der Waals surface area contributed by atoms with Gasteiger partial charge in [-0.25, -0.2) is 8.78 Å². The molecule has 20 heavy (non-hydrogen) atoms. The maximum Gasteiger partial charge on any atom is 0.295 e. The number of nitro benzene ring substituents is 1. The second-order valence-corrected chi connectivity index (χ2v) is 5.20. The lowest BCUT2D eigenvalue weighted by molar-refractivity contribution is -0.384. The average Bonchev–Trinajstić information content (AvgIpc) is 2.37. The number of halogens is 2. The zero-order valence-electron chi connectivity index (χ0n) is 11.2. The van der Waals surface area contributed by atoms with E-state index in [1.165, 1.54) is 6.42 Å². The summed E-state index contributed by atoms with van der Waals surface area (Å²) >= 11 is 0. The minimum absolute atomic E-state index is 0.0368. The van der Waals surface area contributed by atoms with Crippen molar-refractivity contribution in [2.45, 2.75) is 51.0 Å². The quantitative estimate of drug-likeness (QED) is 0.661. The van der Waals surface area contributed by atoms with Gasteiger partial charge in [-0.15, -0.1) is 0 Å². The number of anilines is 1. The Balaban J connectivity index is 2.22. The van der Waals surface area contributed by atoms with Gasteiger partial charge < -0.3 is 5.32 Å². The number of nitrogens with zero attached hydrogens (tertiary/aromatic N) is 1. The van der Waals surface area contributed by atoms with Gasteiger partial charge in [0.15, 0.2) is 17.3 Å². The first-order chi connectivity index (χ1) is 9.59. The molecule has 1 aromatic carbocycles. The fraction of sp³-hybridized carbons (Fsp3) is 0.571. The fourth-order valence-corrected chi connectivity index (χ4v) is 2.63. The monoisotopic (exact) mass is 284 g/mol. The van der Waals surface area contributed by atoms with E-state index in [4.69, 9.17) is 0 Å². The molecule has 0 amide bonds. The molecule has 0 heterocycles. The van der Waals surface area contributed by atoms with Gasteiger partial charge in [0.25, 0.3) is 5.69 Å². The predicted octanol–water partition coefficient (Wildman–Crippen LogP) is 4.40. The summed E-state index contributed by atoms with van der Waals surface area (Å²) < 4.78 is 27.1. The van der Waals surface area contributed by atoms with Crippen molar-refractivity contribution in [3.8, 4) is 0 Å². The Morgan fingerprint density at radius 2 is 1.70 bits per heavy atom. The molecule has 0 saturated heterocycles. The molecule has 1 aliphatic rings. The number of rotatable bonds is 3. The molecule has 0 aromatic heterocycles. The second-order valence-electron chi connectivity index (χ2n) is 5.20. The van der Waals surface area contributed by atoms with Crippen molar-refractivity contribution in [2.24, 2.45) is 0 Å². The summed E-state index contributed by atoms with van der Waals surface area (Å²) in [6.45, 7) is 0. The first-order valence-corrected chi connectivity index (χ1v) is 6.98. The Morgan fingerprint density at radius 3 is 2.30 bits per heavy atom. The molecule has 0 aliphatic heterocycles. The van der Waals surface area contributed by atoms with E-state index in [0.717, 1.165) is 50.7 Å². The summed E-state index contributed by atoms with van der Waals surface area (Å²) in [4.78, 5) is 10.2. The first-order valence-electron chi connectivity index (χ1n) is 6.98. The van der Waals surface area contributed by atoms with Crippen molar-refractivity contribution < 1.29 is 13.7 Å². The van der Waals surface area contributed by atoms with E-state index in [1.54, 1.807) is 0 Å². The third kappa shape index (κ3) is 3.43. The molecule has 6 heteroatoms. The summed E-state index contributed by atoms with van der Waals surface area (Å²) in [5, 5.41) is 13.8. The van der Waals surface area contributed by atoms with Gasteiger partial charge in [0.05, 0.1) is 4.92 Å². The van der Waals surface area contributed by atoms with Gasteiger partial charge in [-0.2, -0.15) is 0 Å². The average molecular weight is 284 g/mol. The van der Waals surface area contributed by atoms with Crippen molar-refractivity contribution in [1.82, 2.24) is 0 Å². The van der Waals surface area contributed by atoms with Gasteiger partial charge in [-0.05, 0) is 18.9 Å². The first kappa shape index (κ1) is 14.7. The van der Waals surface area contributed by atoms with E-state index >= 15 is 0 Å². The van der Waals surface area contributed by atoms with Gasteiger partial charge in [-0.1, -0.05) is 32.1 Å². The summed E-state index contributed by atoms with van der Waals surface area (Å²) in [5.41, 5.74) is -0.730. The molecule has 0 unspecified atom stereocenters. The molecule has 2 rings (SSSR count). The zero-order valence-corrected chi connectivity index (χ0v) is 11.2. The molecule has 0 bridgehead atoms. The lowest BCUT2D eigenvalue weighted by Crippen LogP contribution is -2.22. The smallest absolute Gasteiger partial charge is 0.295 e. The molecule has 4 nitrogen and oxygen atoms in total. The van der Waals surface area contributed by atoms with E-state index in [1.807, 2.05) is 0 Å². The van der Waals surface area contributed by atoms with Crippen LogP contribution in [0.5, 0.6) is 0 Å². The van der Waals surface area contributed by atoms with Crippen LogP contribution >= 0.6 is 0 Å². The van der Waals surface area contributed by atoms with Crippen molar-refractivity contribution in [3.05, 3.63) is 33.9 Å². The molecule has 0 atom stereocenters. The van der Waals surface area contributed by atoms with Crippen LogP contribution in [0.1, 0.15) is 44.9 Å². The molecule has 0 spiro atoms. The van der Waals surface area contributed by atoms with Crippen LogP contribution in [0.15, 0.2) is 12.1 Å². The summed E-state index contributed by atoms with van der Waals surface area (Å²) in [5.74, 6) is -2.23. The third-order valence-electron chi connectivity index (χ3n) is 3.72. The molecule has 1 aliphatic carbocycles. The molecule has 110 valence electrons. The van der Waals surface area contributed by atoms with Crippen LogP contribution < -0.4 is 5.32 Å². The maximum absolute atomic E-state index is 13.8. The summed E-state index contributed by atoms with van der Waals surface area (Å²) in [6, 6.07) is 1.76. The highest BCUT2D eigenvalue weighted by Crippen LogP contribution is 2.31. The van der Waals surface area contributed by atoms with Crippen LogP contribution in [-0.4, -0.2) is 11.0 Å². The minimum atomic E-state index is -1.17. The Bertz CT molecular complexity index is 486. The highest BCUT2D eigenvalue weighted by molar-refractivity contribution is 5.63. The van der Waals surface area contributed by atoms with Crippen LogP contribution in [0.2, 0.25) is 0 Å². The van der Waals surface area contributed by atoms with Crippen LogP contribution in [0, 0.1) is 21.7 Å². The second kappa shape index (κ2) is 6.63. The third-order valence-corrected chi connectivity index (χ3v) is 3.72. The predicted molar refractivity (Wildman–Crippen MR) is 72.7 cm³/mol. The number of hydrogen-bond donors (Lipinski definition) is 1. The van der Waals surface area contributed by atoms with Crippen molar-refractivity contribution >= 4 is 11.4 Å². The summed E-state index contributed by atoms with van der Waals surface area (Å²) in [6.07, 6.45) is 7.09. The minimum Gasteiger partial charge on any atom is -0.374 e. The van der Waals surface area contributed by atoms with Crippen molar-refractivity contribution in [2.75, 3.05) is 5.32 Å². The van der Waals surface area contributed by atoms with E-state index in [-0.39, 0.29) is 11.7 Å². The molecular formula is C14H18F2N2O2. The molecule has 1 fully saturated rings. The molecular weight excluding hydrogens is 266 g/mol. The standard InChI is InChI=1S/C14H18F2N2O2/c15-11-8-9-12(18(19)20)14(13(11)16)17-10-6-4-2-1-3-5-7-10/h8-10,17H,1-7H2. The SMILES string of the molecule is O=[N+]([O-])c1ccc(F)c(F)c1NC1CCCCCCC1. The normalized spacial score (nSPS) is 17.3. The lowest BCUT2D eigenvalue weighted by Gasteiger charge is -2.22. The van der Waals surface area contributed by atoms with E-state index in [9.17, 15) is 18.9 Å². The Labute approximate surface area is 116 Å². The molecule has 1 saturated carbocycles. The van der Waals surface area contributed by atoms with E-state index < -0.39 is 22.2 Å². The van der Waals surface area contributed by atoms with Crippen molar-refractivity contribution in [3.63, 3.8) is 0 Å². The van der Waals surface area contributed by atoms with Crippen LogP contribution in [0.3, 0.4) is 0 Å². The number of nitro groups is 1. The number of benzene rings is 1. The number of hydrogen-bond acceptors (Lipinski definition) is 3. The Hall–Kier alpha value is -1.72. The van der Waals surface area contributed by atoms with Gasteiger partial charge >= 0.3 is 0 Å². The Kier molecular flexibility index (Phi) is 4.87. The number of nitrogens with one attached hydrogen (secondary N) is 1.